The molecule has 1 amide bonds. The van der Waals surface area contributed by atoms with Crippen molar-refractivity contribution in [3.8, 4) is 0 Å². The van der Waals surface area contributed by atoms with Gasteiger partial charge in [0.15, 0.2) is 0 Å². The first-order valence-electron chi connectivity index (χ1n) is 5.59. The molecule has 1 aliphatic heterocycles. The molecule has 0 aliphatic carbocycles. The van der Waals surface area contributed by atoms with Gasteiger partial charge in [-0.2, -0.15) is 0 Å². The summed E-state index contributed by atoms with van der Waals surface area (Å²) in [6.45, 7) is 8.90. The van der Waals surface area contributed by atoms with Gasteiger partial charge < -0.3 is 10.4 Å². The van der Waals surface area contributed by atoms with Gasteiger partial charge in [0.1, 0.15) is 0 Å². The Morgan fingerprint density at radius 3 is 2.47 bits per heavy atom. The van der Waals surface area contributed by atoms with E-state index < -0.39 is 6.09 Å². The molecule has 4 heteroatoms. The molecule has 0 aromatic heterocycles. The first kappa shape index (κ1) is 12.3. The fourth-order valence-electron chi connectivity index (χ4n) is 2.31. The molecular formula is C11H22N2O2. The molecule has 2 N–H and O–H groups in total. The molecule has 0 spiro atoms. The minimum Gasteiger partial charge on any atom is -0.465 e. The molecule has 15 heavy (non-hydrogen) atoms. The lowest BCUT2D eigenvalue weighted by molar-refractivity contribution is 0.0475. The van der Waals surface area contributed by atoms with Gasteiger partial charge in [0, 0.05) is 11.6 Å². The first-order valence-corrected chi connectivity index (χ1v) is 5.59. The van der Waals surface area contributed by atoms with Crippen molar-refractivity contribution >= 4 is 6.09 Å². The van der Waals surface area contributed by atoms with Crippen molar-refractivity contribution in [2.75, 3.05) is 6.54 Å². The summed E-state index contributed by atoms with van der Waals surface area (Å²) in [5.74, 6) is 0. The van der Waals surface area contributed by atoms with E-state index in [4.69, 9.17) is 0 Å². The molecule has 0 bridgehead atoms. The Morgan fingerprint density at radius 1 is 1.47 bits per heavy atom. The van der Waals surface area contributed by atoms with Crippen molar-refractivity contribution in [3.05, 3.63) is 0 Å². The summed E-state index contributed by atoms with van der Waals surface area (Å²) in [5, 5.41) is 12.6. The zero-order chi connectivity index (χ0) is 11.6. The van der Waals surface area contributed by atoms with Gasteiger partial charge >= 0.3 is 6.09 Å². The summed E-state index contributed by atoms with van der Waals surface area (Å²) >= 11 is 0. The van der Waals surface area contributed by atoms with Crippen LogP contribution < -0.4 is 5.32 Å². The highest BCUT2D eigenvalue weighted by Gasteiger charge is 2.36. The van der Waals surface area contributed by atoms with E-state index in [9.17, 15) is 9.90 Å². The number of hydrogen-bond donors (Lipinski definition) is 2. The van der Waals surface area contributed by atoms with Crippen molar-refractivity contribution in [3.63, 3.8) is 0 Å². The maximum atomic E-state index is 11.3. The largest absolute Gasteiger partial charge is 0.465 e. The van der Waals surface area contributed by atoms with Crippen LogP contribution in [0.2, 0.25) is 0 Å². The van der Waals surface area contributed by atoms with E-state index in [0.717, 1.165) is 19.4 Å². The molecule has 1 aliphatic rings. The maximum absolute atomic E-state index is 11.3. The molecule has 1 fully saturated rings. The third-order valence-electron chi connectivity index (χ3n) is 2.98. The van der Waals surface area contributed by atoms with Gasteiger partial charge in [-0.05, 0) is 47.1 Å². The summed E-state index contributed by atoms with van der Waals surface area (Å²) in [6.07, 6.45) is 1.19. The SMILES string of the molecule is C[C@H]1NCCC[C@H]1N(C(=O)O)C(C)(C)C. The highest BCUT2D eigenvalue weighted by molar-refractivity contribution is 5.66. The summed E-state index contributed by atoms with van der Waals surface area (Å²) < 4.78 is 0. The van der Waals surface area contributed by atoms with E-state index in [-0.39, 0.29) is 17.6 Å². The van der Waals surface area contributed by atoms with E-state index in [0.29, 0.717) is 0 Å². The van der Waals surface area contributed by atoms with Crippen LogP contribution in [0.4, 0.5) is 4.79 Å². The second-order valence-electron chi connectivity index (χ2n) is 5.28. The molecule has 0 radical (unpaired) electrons. The number of nitrogens with one attached hydrogen (secondary N) is 1. The number of carbonyl (C=O) groups is 1. The van der Waals surface area contributed by atoms with E-state index in [1.54, 1.807) is 4.90 Å². The van der Waals surface area contributed by atoms with Crippen LogP contribution in [0.3, 0.4) is 0 Å². The number of rotatable bonds is 1. The molecule has 0 aromatic carbocycles. The minimum atomic E-state index is -0.817. The second kappa shape index (κ2) is 4.39. The molecule has 1 heterocycles. The maximum Gasteiger partial charge on any atom is 0.408 e. The zero-order valence-electron chi connectivity index (χ0n) is 10.1. The number of carboxylic acid groups (broad SMARTS) is 1. The molecule has 1 rings (SSSR count). The number of nitrogens with zero attached hydrogens (tertiary/aromatic N) is 1. The number of hydrogen-bond acceptors (Lipinski definition) is 2. The third kappa shape index (κ3) is 2.84. The van der Waals surface area contributed by atoms with E-state index in [2.05, 4.69) is 12.2 Å². The molecule has 88 valence electrons. The number of piperidine rings is 1. The molecule has 0 unspecified atom stereocenters. The van der Waals surface area contributed by atoms with Crippen LogP contribution in [0, 0.1) is 0 Å². The lowest BCUT2D eigenvalue weighted by atomic mass is 9.93. The van der Waals surface area contributed by atoms with Crippen LogP contribution in [0.25, 0.3) is 0 Å². The lowest BCUT2D eigenvalue weighted by Crippen LogP contribution is -2.59. The smallest absolute Gasteiger partial charge is 0.408 e. The predicted octanol–water partition coefficient (Wildman–Crippen LogP) is 1.91. The van der Waals surface area contributed by atoms with Crippen molar-refractivity contribution in [2.24, 2.45) is 0 Å². The Morgan fingerprint density at radius 2 is 2.07 bits per heavy atom. The lowest BCUT2D eigenvalue weighted by Gasteiger charge is -2.44. The van der Waals surface area contributed by atoms with Gasteiger partial charge in [0.2, 0.25) is 0 Å². The Kier molecular flexibility index (Phi) is 3.60. The molecule has 1 saturated heterocycles. The second-order valence-corrected chi connectivity index (χ2v) is 5.28. The Bertz CT molecular complexity index is 235. The van der Waals surface area contributed by atoms with E-state index >= 15 is 0 Å². The third-order valence-corrected chi connectivity index (χ3v) is 2.98. The van der Waals surface area contributed by atoms with Crippen LogP contribution in [0.15, 0.2) is 0 Å². The normalized spacial score (nSPS) is 27.5. The Labute approximate surface area is 91.6 Å². The van der Waals surface area contributed by atoms with Crippen molar-refractivity contribution in [1.82, 2.24) is 10.2 Å². The summed E-state index contributed by atoms with van der Waals surface area (Å²) in [5.41, 5.74) is -0.330. The molecule has 2 atom stereocenters. The topological polar surface area (TPSA) is 52.6 Å². The fourth-order valence-corrected chi connectivity index (χ4v) is 2.31. The van der Waals surface area contributed by atoms with E-state index in [1.165, 1.54) is 0 Å². The summed E-state index contributed by atoms with van der Waals surface area (Å²) in [4.78, 5) is 12.9. The molecular weight excluding hydrogens is 192 g/mol. The highest BCUT2D eigenvalue weighted by Crippen LogP contribution is 2.24. The van der Waals surface area contributed by atoms with Gasteiger partial charge in [-0.3, -0.25) is 4.90 Å². The van der Waals surface area contributed by atoms with Crippen molar-refractivity contribution in [2.45, 2.75) is 58.2 Å². The van der Waals surface area contributed by atoms with Crippen molar-refractivity contribution < 1.29 is 9.90 Å². The Hall–Kier alpha value is -0.770. The van der Waals surface area contributed by atoms with Gasteiger partial charge in [-0.25, -0.2) is 4.79 Å². The van der Waals surface area contributed by atoms with E-state index in [1.807, 2.05) is 20.8 Å². The van der Waals surface area contributed by atoms with Crippen LogP contribution in [-0.2, 0) is 0 Å². The molecule has 4 nitrogen and oxygen atoms in total. The van der Waals surface area contributed by atoms with Gasteiger partial charge in [-0.1, -0.05) is 0 Å². The average Bonchev–Trinajstić information content (AvgIpc) is 2.05. The van der Waals surface area contributed by atoms with Gasteiger partial charge in [0.05, 0.1) is 6.04 Å². The van der Waals surface area contributed by atoms with Crippen LogP contribution in [0.5, 0.6) is 0 Å². The fraction of sp³-hybridized carbons (Fsp3) is 0.909. The van der Waals surface area contributed by atoms with Crippen molar-refractivity contribution in [1.29, 1.82) is 0 Å². The number of amides is 1. The molecule has 0 saturated carbocycles. The minimum absolute atomic E-state index is 0.0937. The summed E-state index contributed by atoms with van der Waals surface area (Å²) in [7, 11) is 0. The monoisotopic (exact) mass is 214 g/mol. The zero-order valence-corrected chi connectivity index (χ0v) is 10.1. The van der Waals surface area contributed by atoms with Crippen LogP contribution in [0.1, 0.15) is 40.5 Å². The van der Waals surface area contributed by atoms with Crippen LogP contribution in [-0.4, -0.2) is 40.3 Å². The van der Waals surface area contributed by atoms with Crippen LogP contribution >= 0.6 is 0 Å². The quantitative estimate of drug-likeness (QED) is 0.701. The van der Waals surface area contributed by atoms with Gasteiger partial charge in [-0.15, -0.1) is 0 Å². The standard InChI is InChI=1S/C11H22N2O2/c1-8-9(6-5-7-12-8)13(10(14)15)11(2,3)4/h8-9,12H,5-7H2,1-4H3,(H,14,15)/t8-,9-/m1/s1. The average molecular weight is 214 g/mol. The Balaban J connectivity index is 2.83. The predicted molar refractivity (Wildman–Crippen MR) is 60.1 cm³/mol. The first-order chi connectivity index (χ1) is 6.84. The van der Waals surface area contributed by atoms with Gasteiger partial charge in [0.25, 0.3) is 0 Å². The molecule has 0 aromatic rings. The summed E-state index contributed by atoms with van der Waals surface area (Å²) in [6, 6.07) is 0.338. The highest BCUT2D eigenvalue weighted by atomic mass is 16.4.